The Balaban J connectivity index is 2.87. The molecule has 0 aromatic carbocycles. The lowest BCUT2D eigenvalue weighted by molar-refractivity contribution is 0.00578. The van der Waals surface area contributed by atoms with Crippen molar-refractivity contribution in [3.8, 4) is 0 Å². The number of hydrogen-bond donors (Lipinski definition) is 0. The molecule has 1 aliphatic heterocycles. The number of hydrogen-bond acceptors (Lipinski definition) is 3. The van der Waals surface area contributed by atoms with Crippen LogP contribution in [0.5, 0.6) is 0 Å². The van der Waals surface area contributed by atoms with E-state index in [0.29, 0.717) is 6.16 Å². The molecule has 0 aromatic heterocycles. The second kappa shape index (κ2) is 3.08. The quantitative estimate of drug-likeness (QED) is 0.651. The van der Waals surface area contributed by atoms with Gasteiger partial charge in [-0.05, 0) is 34.1 Å². The van der Waals surface area contributed by atoms with Crippen molar-refractivity contribution in [2.45, 2.75) is 52.2 Å². The van der Waals surface area contributed by atoms with Gasteiger partial charge in [-0.2, -0.15) is 0 Å². The molecule has 0 amide bonds. The topological polar surface area (TPSA) is 35.5 Å². The van der Waals surface area contributed by atoms with E-state index in [1.165, 1.54) is 0 Å². The van der Waals surface area contributed by atoms with Gasteiger partial charge in [-0.1, -0.05) is 6.92 Å². The molecular formula is C9H19O3P. The van der Waals surface area contributed by atoms with Gasteiger partial charge in [0.15, 0.2) is 0 Å². The lowest BCUT2D eigenvalue weighted by Gasteiger charge is -2.29. The maximum atomic E-state index is 12.0. The van der Waals surface area contributed by atoms with Gasteiger partial charge in [-0.15, -0.1) is 0 Å². The van der Waals surface area contributed by atoms with Crippen LogP contribution in [0.1, 0.15) is 41.0 Å². The molecule has 0 aliphatic carbocycles. The van der Waals surface area contributed by atoms with Gasteiger partial charge in [0.05, 0.1) is 0 Å². The van der Waals surface area contributed by atoms with E-state index in [1.807, 2.05) is 34.6 Å². The molecule has 1 aliphatic rings. The van der Waals surface area contributed by atoms with Gasteiger partial charge in [0.1, 0.15) is 11.2 Å². The third-order valence-corrected chi connectivity index (χ3v) is 5.15. The Bertz CT molecular complexity index is 225. The fourth-order valence-corrected chi connectivity index (χ4v) is 3.90. The van der Waals surface area contributed by atoms with Crippen LogP contribution in [0.25, 0.3) is 0 Å². The summed E-state index contributed by atoms with van der Waals surface area (Å²) in [6.07, 6.45) is 1.34. The van der Waals surface area contributed by atoms with Crippen LogP contribution in [0.2, 0.25) is 0 Å². The largest absolute Gasteiger partial charge is 0.331 e. The van der Waals surface area contributed by atoms with Crippen molar-refractivity contribution in [1.82, 2.24) is 0 Å². The molecule has 0 spiro atoms. The minimum Gasteiger partial charge on any atom is -0.299 e. The van der Waals surface area contributed by atoms with E-state index in [1.54, 1.807) is 0 Å². The Labute approximate surface area is 80.3 Å². The summed E-state index contributed by atoms with van der Waals surface area (Å²) in [6, 6.07) is 0. The Morgan fingerprint density at radius 1 is 1.08 bits per heavy atom. The van der Waals surface area contributed by atoms with Crippen molar-refractivity contribution in [1.29, 1.82) is 0 Å². The summed E-state index contributed by atoms with van der Waals surface area (Å²) in [5.74, 6) is 0. The zero-order chi connectivity index (χ0) is 10.3. The van der Waals surface area contributed by atoms with Crippen molar-refractivity contribution in [2.24, 2.45) is 0 Å². The van der Waals surface area contributed by atoms with Gasteiger partial charge >= 0.3 is 7.60 Å². The molecular weight excluding hydrogens is 187 g/mol. The van der Waals surface area contributed by atoms with E-state index in [9.17, 15) is 4.57 Å². The standard InChI is InChI=1S/C9H19O3P/c1-6-7-13(10)11-8(2,3)9(4,5)12-13/h6-7H2,1-5H3. The van der Waals surface area contributed by atoms with Gasteiger partial charge in [-0.25, -0.2) is 0 Å². The third kappa shape index (κ3) is 1.98. The van der Waals surface area contributed by atoms with Crippen LogP contribution in [0.3, 0.4) is 0 Å². The molecule has 0 aromatic rings. The normalized spacial score (nSPS) is 29.0. The first kappa shape index (κ1) is 11.2. The summed E-state index contributed by atoms with van der Waals surface area (Å²) in [5, 5.41) is 0. The molecule has 1 heterocycles. The van der Waals surface area contributed by atoms with Crippen LogP contribution in [0.4, 0.5) is 0 Å². The van der Waals surface area contributed by atoms with Crippen molar-refractivity contribution < 1.29 is 13.6 Å². The highest BCUT2D eigenvalue weighted by atomic mass is 31.2. The molecule has 0 unspecified atom stereocenters. The van der Waals surface area contributed by atoms with Gasteiger partial charge in [0.2, 0.25) is 0 Å². The summed E-state index contributed by atoms with van der Waals surface area (Å²) in [4.78, 5) is 0. The Morgan fingerprint density at radius 2 is 1.46 bits per heavy atom. The lowest BCUT2D eigenvalue weighted by atomic mass is 9.90. The van der Waals surface area contributed by atoms with Crippen molar-refractivity contribution in [3.05, 3.63) is 0 Å². The van der Waals surface area contributed by atoms with Gasteiger partial charge in [0, 0.05) is 6.16 Å². The second-order valence-electron chi connectivity index (χ2n) is 4.54. The monoisotopic (exact) mass is 206 g/mol. The molecule has 1 saturated heterocycles. The molecule has 0 atom stereocenters. The molecule has 13 heavy (non-hydrogen) atoms. The van der Waals surface area contributed by atoms with E-state index in [-0.39, 0.29) is 0 Å². The molecule has 3 nitrogen and oxygen atoms in total. The third-order valence-electron chi connectivity index (χ3n) is 2.68. The average molecular weight is 206 g/mol. The molecule has 1 rings (SSSR count). The van der Waals surface area contributed by atoms with Gasteiger partial charge in [0.25, 0.3) is 0 Å². The van der Waals surface area contributed by atoms with Crippen molar-refractivity contribution in [3.63, 3.8) is 0 Å². The first-order chi connectivity index (χ1) is 5.72. The van der Waals surface area contributed by atoms with E-state index in [0.717, 1.165) is 6.42 Å². The van der Waals surface area contributed by atoms with E-state index in [4.69, 9.17) is 9.05 Å². The van der Waals surface area contributed by atoms with Crippen molar-refractivity contribution >= 4 is 7.60 Å². The van der Waals surface area contributed by atoms with Crippen LogP contribution >= 0.6 is 7.60 Å². The van der Waals surface area contributed by atoms with Crippen LogP contribution < -0.4 is 0 Å². The van der Waals surface area contributed by atoms with Crippen LogP contribution in [-0.4, -0.2) is 17.4 Å². The zero-order valence-electron chi connectivity index (χ0n) is 9.09. The van der Waals surface area contributed by atoms with Gasteiger partial charge in [-0.3, -0.25) is 13.6 Å². The summed E-state index contributed by atoms with van der Waals surface area (Å²) in [7, 11) is -2.81. The maximum Gasteiger partial charge on any atom is 0.331 e. The SMILES string of the molecule is CCCP1(=O)OC(C)(C)C(C)(C)O1. The lowest BCUT2D eigenvalue weighted by Crippen LogP contribution is -2.41. The summed E-state index contributed by atoms with van der Waals surface area (Å²) in [6.45, 7) is 9.65. The smallest absolute Gasteiger partial charge is 0.299 e. The van der Waals surface area contributed by atoms with E-state index >= 15 is 0 Å². The van der Waals surface area contributed by atoms with Crippen LogP contribution in [0.15, 0.2) is 0 Å². The molecule has 78 valence electrons. The number of rotatable bonds is 2. The minimum absolute atomic E-state index is 0.461. The highest BCUT2D eigenvalue weighted by Crippen LogP contribution is 2.63. The maximum absolute atomic E-state index is 12.0. The second-order valence-corrected chi connectivity index (χ2v) is 6.57. The summed E-state index contributed by atoms with van der Waals surface area (Å²) in [5.41, 5.74) is -0.921. The molecule has 4 heteroatoms. The minimum atomic E-state index is -2.81. The predicted molar refractivity (Wildman–Crippen MR) is 53.1 cm³/mol. The highest BCUT2D eigenvalue weighted by Gasteiger charge is 2.54. The fourth-order valence-electron chi connectivity index (χ4n) is 1.30. The highest BCUT2D eigenvalue weighted by molar-refractivity contribution is 7.54. The van der Waals surface area contributed by atoms with Crippen LogP contribution in [-0.2, 0) is 13.6 Å². The molecule has 1 fully saturated rings. The zero-order valence-corrected chi connectivity index (χ0v) is 9.98. The Hall–Kier alpha value is 0.150. The Kier molecular flexibility index (Phi) is 2.66. The predicted octanol–water partition coefficient (Wildman–Crippen LogP) is 3.19. The first-order valence-electron chi connectivity index (χ1n) is 4.73. The van der Waals surface area contributed by atoms with Gasteiger partial charge < -0.3 is 0 Å². The van der Waals surface area contributed by atoms with Crippen LogP contribution in [0, 0.1) is 0 Å². The Morgan fingerprint density at radius 3 is 1.77 bits per heavy atom. The molecule has 0 saturated carbocycles. The molecule has 0 N–H and O–H groups in total. The summed E-state index contributed by atoms with van der Waals surface area (Å²) >= 11 is 0. The van der Waals surface area contributed by atoms with E-state index in [2.05, 4.69) is 0 Å². The molecule has 0 bridgehead atoms. The van der Waals surface area contributed by atoms with Crippen molar-refractivity contribution in [2.75, 3.05) is 6.16 Å². The summed E-state index contributed by atoms with van der Waals surface area (Å²) < 4.78 is 23.1. The van der Waals surface area contributed by atoms with E-state index < -0.39 is 18.8 Å². The average Bonchev–Trinajstić information content (AvgIpc) is 1.96. The fraction of sp³-hybridized carbons (Fsp3) is 1.00. The molecule has 0 radical (unpaired) electrons. The first-order valence-corrected chi connectivity index (χ1v) is 6.46.